The topological polar surface area (TPSA) is 97.1 Å². The van der Waals surface area contributed by atoms with Gasteiger partial charge in [0.2, 0.25) is 11.7 Å². The van der Waals surface area contributed by atoms with Crippen molar-refractivity contribution >= 4 is 28.3 Å². The fraction of sp³-hybridized carbons (Fsp3) is 0.231. The van der Waals surface area contributed by atoms with E-state index in [9.17, 15) is 27.9 Å². The van der Waals surface area contributed by atoms with E-state index in [1.165, 1.54) is 30.5 Å². The van der Waals surface area contributed by atoms with Crippen molar-refractivity contribution in [3.8, 4) is 0 Å². The molecule has 3 heterocycles. The molecule has 186 valence electrons. The number of halogens is 3. The molecule has 0 fully saturated rings. The molecule has 0 aliphatic carbocycles. The Morgan fingerprint density at radius 2 is 1.78 bits per heavy atom. The maximum absolute atomic E-state index is 13.4. The number of anilines is 1. The van der Waals surface area contributed by atoms with E-state index in [2.05, 4.69) is 15.3 Å². The van der Waals surface area contributed by atoms with Crippen LogP contribution in [0.5, 0.6) is 0 Å². The molecule has 0 unspecified atom stereocenters. The number of aliphatic hydroxyl groups excluding tert-OH is 1. The van der Waals surface area contributed by atoms with Gasteiger partial charge in [0.05, 0.1) is 35.2 Å². The Hall–Kier alpha value is -4.05. The van der Waals surface area contributed by atoms with E-state index >= 15 is 0 Å². The highest BCUT2D eigenvalue weighted by molar-refractivity contribution is 6.15. The van der Waals surface area contributed by atoms with Crippen LogP contribution in [0.1, 0.15) is 41.0 Å². The molecule has 7 nitrogen and oxygen atoms in total. The van der Waals surface area contributed by atoms with Gasteiger partial charge in [-0.25, -0.2) is 0 Å². The first kappa shape index (κ1) is 25.1. The van der Waals surface area contributed by atoms with Crippen LogP contribution in [0.3, 0.4) is 0 Å². The van der Waals surface area contributed by atoms with Gasteiger partial charge in [-0.15, -0.1) is 0 Å². The first-order valence-corrected chi connectivity index (χ1v) is 11.0. The van der Waals surface area contributed by atoms with Crippen molar-refractivity contribution in [3.05, 3.63) is 89.6 Å². The summed E-state index contributed by atoms with van der Waals surface area (Å²) in [7, 11) is 0. The number of hydrogen-bond donors (Lipinski definition) is 2. The Kier molecular flexibility index (Phi) is 6.64. The molecule has 2 N–H and O–H groups in total. The number of fused-ring (bicyclic) bond motifs is 1. The number of rotatable bonds is 7. The van der Waals surface area contributed by atoms with E-state index in [-0.39, 0.29) is 24.5 Å². The molecule has 4 rings (SSSR count). The third-order valence-corrected chi connectivity index (χ3v) is 5.81. The van der Waals surface area contributed by atoms with Crippen LogP contribution >= 0.6 is 0 Å². The Balaban J connectivity index is 1.55. The van der Waals surface area contributed by atoms with Crippen LogP contribution in [0.4, 0.5) is 18.9 Å². The second-order valence-electron chi connectivity index (χ2n) is 8.95. The molecule has 0 radical (unpaired) electrons. The fourth-order valence-electron chi connectivity index (χ4n) is 3.80. The van der Waals surface area contributed by atoms with Crippen LogP contribution in [0.2, 0.25) is 0 Å². The van der Waals surface area contributed by atoms with Gasteiger partial charge in [-0.1, -0.05) is 12.1 Å². The number of carbonyl (C=O) groups excluding carboxylic acids is 2. The molecular weight excluding hydrogens is 473 g/mol. The number of pyridine rings is 2. The number of hydrogen-bond acceptors (Lipinski definition) is 5. The lowest BCUT2D eigenvalue weighted by Crippen LogP contribution is -2.29. The average molecular weight is 496 g/mol. The second kappa shape index (κ2) is 9.54. The third-order valence-electron chi connectivity index (χ3n) is 5.81. The summed E-state index contributed by atoms with van der Waals surface area (Å²) in [6, 6.07) is 9.06. The monoisotopic (exact) mass is 496 g/mol. The van der Waals surface area contributed by atoms with Crippen LogP contribution in [0.15, 0.2) is 67.3 Å². The molecular formula is C26H23F3N4O3. The maximum atomic E-state index is 13.4. The zero-order chi connectivity index (χ0) is 26.1. The minimum Gasteiger partial charge on any atom is -0.394 e. The van der Waals surface area contributed by atoms with Gasteiger partial charge in [0.15, 0.2) is 0 Å². The van der Waals surface area contributed by atoms with Crippen molar-refractivity contribution in [1.82, 2.24) is 14.5 Å². The SMILES string of the molecule is CC(C)(CO)n1cc(C(=O)c2cc(NC(=O)Cc3ccc(C(F)(F)F)cc3)ccn2)c2cnccc21. The predicted molar refractivity (Wildman–Crippen MR) is 128 cm³/mol. The fourth-order valence-corrected chi connectivity index (χ4v) is 3.80. The molecule has 4 aromatic rings. The summed E-state index contributed by atoms with van der Waals surface area (Å²) in [4.78, 5) is 34.1. The minimum absolute atomic E-state index is 0.0898. The molecule has 0 atom stereocenters. The summed E-state index contributed by atoms with van der Waals surface area (Å²) < 4.78 is 40.0. The molecule has 0 spiro atoms. The van der Waals surface area contributed by atoms with Crippen molar-refractivity contribution in [2.45, 2.75) is 32.0 Å². The summed E-state index contributed by atoms with van der Waals surface area (Å²) in [5, 5.41) is 13.1. The predicted octanol–water partition coefficient (Wildman–Crippen LogP) is 4.59. The molecule has 3 aromatic heterocycles. The van der Waals surface area contributed by atoms with E-state index in [0.29, 0.717) is 22.2 Å². The molecule has 1 amide bonds. The van der Waals surface area contributed by atoms with Crippen LogP contribution in [-0.2, 0) is 22.9 Å². The number of alkyl halides is 3. The molecule has 0 aliphatic rings. The summed E-state index contributed by atoms with van der Waals surface area (Å²) >= 11 is 0. The number of nitrogens with one attached hydrogen (secondary N) is 1. The van der Waals surface area contributed by atoms with Crippen molar-refractivity contribution in [2.75, 3.05) is 11.9 Å². The normalized spacial score (nSPS) is 12.1. The van der Waals surface area contributed by atoms with Gasteiger partial charge < -0.3 is 15.0 Å². The van der Waals surface area contributed by atoms with Gasteiger partial charge in [0, 0.05) is 35.9 Å². The molecule has 10 heteroatoms. The zero-order valence-corrected chi connectivity index (χ0v) is 19.5. The largest absolute Gasteiger partial charge is 0.416 e. The summed E-state index contributed by atoms with van der Waals surface area (Å²) in [6.45, 7) is 3.53. The number of benzene rings is 1. The number of amides is 1. The van der Waals surface area contributed by atoms with E-state index < -0.39 is 23.2 Å². The minimum atomic E-state index is -4.45. The van der Waals surface area contributed by atoms with Crippen LogP contribution in [0, 0.1) is 0 Å². The molecule has 0 saturated carbocycles. The summed E-state index contributed by atoms with van der Waals surface area (Å²) in [5.41, 5.74) is 0.448. The smallest absolute Gasteiger partial charge is 0.394 e. The summed E-state index contributed by atoms with van der Waals surface area (Å²) in [6.07, 6.45) is 1.63. The van der Waals surface area contributed by atoms with Gasteiger partial charge in [0.25, 0.3) is 0 Å². The Morgan fingerprint density at radius 1 is 1.06 bits per heavy atom. The van der Waals surface area contributed by atoms with E-state index in [0.717, 1.165) is 17.6 Å². The molecule has 0 aliphatic heterocycles. The first-order chi connectivity index (χ1) is 17.0. The zero-order valence-electron chi connectivity index (χ0n) is 19.5. The lowest BCUT2D eigenvalue weighted by atomic mass is 10.1. The third kappa shape index (κ3) is 5.13. The van der Waals surface area contributed by atoms with Crippen molar-refractivity contribution in [3.63, 3.8) is 0 Å². The number of aliphatic hydroxyl groups is 1. The number of carbonyl (C=O) groups is 2. The van der Waals surface area contributed by atoms with Gasteiger partial charge in [0.1, 0.15) is 5.69 Å². The van der Waals surface area contributed by atoms with Gasteiger partial charge in [-0.2, -0.15) is 13.2 Å². The number of aromatic nitrogens is 3. The molecule has 0 saturated heterocycles. The second-order valence-corrected chi connectivity index (χ2v) is 8.95. The quantitative estimate of drug-likeness (QED) is 0.365. The highest BCUT2D eigenvalue weighted by atomic mass is 19.4. The van der Waals surface area contributed by atoms with Gasteiger partial charge >= 0.3 is 6.18 Å². The van der Waals surface area contributed by atoms with Crippen LogP contribution in [0.25, 0.3) is 10.9 Å². The highest BCUT2D eigenvalue weighted by Crippen LogP contribution is 2.30. The molecule has 1 aromatic carbocycles. The Morgan fingerprint density at radius 3 is 2.44 bits per heavy atom. The Bertz CT molecular complexity index is 1430. The lowest BCUT2D eigenvalue weighted by Gasteiger charge is -2.25. The Labute approximate surface area is 204 Å². The van der Waals surface area contributed by atoms with Crippen molar-refractivity contribution < 1.29 is 27.9 Å². The average Bonchev–Trinajstić information content (AvgIpc) is 3.24. The highest BCUT2D eigenvalue weighted by Gasteiger charge is 2.30. The number of nitrogens with zero attached hydrogens (tertiary/aromatic N) is 3. The van der Waals surface area contributed by atoms with E-state index in [4.69, 9.17) is 0 Å². The van der Waals surface area contributed by atoms with Crippen LogP contribution in [-0.4, -0.2) is 37.9 Å². The van der Waals surface area contributed by atoms with Crippen LogP contribution < -0.4 is 5.32 Å². The molecule has 0 bridgehead atoms. The number of ketones is 1. The van der Waals surface area contributed by atoms with Gasteiger partial charge in [-0.05, 0) is 49.7 Å². The van der Waals surface area contributed by atoms with Gasteiger partial charge in [-0.3, -0.25) is 19.6 Å². The van der Waals surface area contributed by atoms with Crippen molar-refractivity contribution in [1.29, 1.82) is 0 Å². The first-order valence-electron chi connectivity index (χ1n) is 11.0. The summed E-state index contributed by atoms with van der Waals surface area (Å²) in [5.74, 6) is -0.843. The standard InChI is InChI=1S/C26H23F3N4O3/c1-25(2,15-34)33-14-20(19-13-30-9-8-22(19)33)24(36)21-12-18(7-10-31-21)32-23(35)11-16-3-5-17(6-4-16)26(27,28)29/h3-10,12-14,34H,11,15H2,1-2H3,(H,31,32,35). The van der Waals surface area contributed by atoms with E-state index in [1.807, 2.05) is 18.4 Å². The van der Waals surface area contributed by atoms with E-state index in [1.54, 1.807) is 24.7 Å². The lowest BCUT2D eigenvalue weighted by molar-refractivity contribution is -0.137. The molecule has 36 heavy (non-hydrogen) atoms. The maximum Gasteiger partial charge on any atom is 0.416 e. The van der Waals surface area contributed by atoms with Crippen molar-refractivity contribution in [2.24, 2.45) is 0 Å².